The molecular formula is C61H46N4. The number of rotatable bonds is 5. The molecule has 1 aliphatic carbocycles. The lowest BCUT2D eigenvalue weighted by Crippen LogP contribution is -2.49. The van der Waals surface area contributed by atoms with Crippen LogP contribution >= 0.6 is 0 Å². The minimum absolute atomic E-state index is 0.0581. The molecule has 0 bridgehead atoms. The summed E-state index contributed by atoms with van der Waals surface area (Å²) in [7, 11) is 0. The number of hydrogen-bond acceptors (Lipinski definition) is 3. The van der Waals surface area contributed by atoms with Crippen LogP contribution in [-0.4, -0.2) is 16.3 Å². The van der Waals surface area contributed by atoms with Gasteiger partial charge in [-0.05, 0) is 85.8 Å². The highest BCUT2D eigenvalue weighted by atomic mass is 15.3. The van der Waals surface area contributed by atoms with Crippen LogP contribution in [0.25, 0.3) is 65.6 Å². The Morgan fingerprint density at radius 1 is 0.508 bits per heavy atom. The Bertz CT molecular complexity index is 3620. The summed E-state index contributed by atoms with van der Waals surface area (Å²) in [6.45, 7) is 4.82. The maximum atomic E-state index is 5.68. The average molecular weight is 835 g/mol. The number of aromatic nitrogens is 1. The molecular weight excluding hydrogens is 789 g/mol. The van der Waals surface area contributed by atoms with Crippen LogP contribution in [0.3, 0.4) is 0 Å². The largest absolute Gasteiger partial charge is 0.346 e. The normalized spacial score (nSPS) is 18.3. The number of fused-ring (bicyclic) bond motifs is 9. The third-order valence-corrected chi connectivity index (χ3v) is 14.5. The number of allylic oxidation sites excluding steroid dienone is 2. The number of aliphatic imine (C=N–C) groups is 1. The lowest BCUT2D eigenvalue weighted by atomic mass is 9.65. The monoisotopic (exact) mass is 834 g/mol. The third kappa shape index (κ3) is 5.87. The summed E-state index contributed by atoms with van der Waals surface area (Å²) in [5, 5.41) is 11.3. The molecule has 13 rings (SSSR count). The van der Waals surface area contributed by atoms with E-state index < -0.39 is 6.29 Å². The molecule has 0 fully saturated rings. The SMILES string of the molecule is CC1(C)c2ccc(-c3ccc4c5c6ccccc6ccc5n(C5N=C(c6ccc(-c7cccc8ccccc78)cc6)c6ccccc6N5)c4c3)cc2N(c2ccccc2)C2C=CC=CC21. The van der Waals surface area contributed by atoms with Gasteiger partial charge < -0.3 is 14.8 Å². The van der Waals surface area contributed by atoms with Gasteiger partial charge in [-0.3, -0.25) is 0 Å². The Morgan fingerprint density at radius 3 is 2.03 bits per heavy atom. The van der Waals surface area contributed by atoms with Gasteiger partial charge in [0.05, 0.1) is 22.8 Å². The standard InChI is InChI=1S/C61H46N4/c1-61(2)51-24-11-13-26-54(51)64(45-18-4-3-5-19-45)57-38-44(32-35-52(57)61)43-31-34-50-56(37-43)65(55-36-33-40-16-7-9-21-48(40)58(50)55)60-62-53-25-12-10-22-49(53)59(63-60)42-29-27-41(28-30-42)47-23-14-17-39-15-6-8-20-46(39)47/h3-38,51,54,60,62H,1-2H3. The first-order chi connectivity index (χ1) is 32.0. The van der Waals surface area contributed by atoms with Crippen LogP contribution in [0, 0.1) is 5.92 Å². The molecule has 3 aliphatic rings. The predicted octanol–water partition coefficient (Wildman–Crippen LogP) is 15.4. The predicted molar refractivity (Wildman–Crippen MR) is 274 cm³/mol. The zero-order chi connectivity index (χ0) is 43.2. The average Bonchev–Trinajstić information content (AvgIpc) is 3.70. The van der Waals surface area contributed by atoms with E-state index in [1.54, 1.807) is 0 Å². The van der Waals surface area contributed by atoms with Crippen LogP contribution in [0.15, 0.2) is 223 Å². The number of para-hydroxylation sites is 2. The van der Waals surface area contributed by atoms with Crippen molar-refractivity contribution in [2.45, 2.75) is 31.6 Å². The topological polar surface area (TPSA) is 32.6 Å². The second-order valence-electron chi connectivity index (χ2n) is 18.4. The van der Waals surface area contributed by atoms with Crippen molar-refractivity contribution in [1.82, 2.24) is 4.57 Å². The molecule has 3 atom stereocenters. The van der Waals surface area contributed by atoms with Gasteiger partial charge in [-0.15, -0.1) is 0 Å². The first-order valence-electron chi connectivity index (χ1n) is 22.8. The molecule has 0 radical (unpaired) electrons. The molecule has 3 heterocycles. The highest BCUT2D eigenvalue weighted by Gasteiger charge is 2.45. The van der Waals surface area contributed by atoms with E-state index in [0.717, 1.165) is 33.6 Å². The quantitative estimate of drug-likeness (QED) is 0.187. The van der Waals surface area contributed by atoms with E-state index >= 15 is 0 Å². The summed E-state index contributed by atoms with van der Waals surface area (Å²) in [5.74, 6) is 0.341. The maximum Gasteiger partial charge on any atom is 0.201 e. The minimum atomic E-state index is -0.407. The summed E-state index contributed by atoms with van der Waals surface area (Å²) in [6.07, 6.45) is 8.81. The summed E-state index contributed by atoms with van der Waals surface area (Å²) in [5.41, 5.74) is 15.1. The van der Waals surface area contributed by atoms with Gasteiger partial charge in [0.1, 0.15) is 0 Å². The maximum absolute atomic E-state index is 5.68. The van der Waals surface area contributed by atoms with Crippen molar-refractivity contribution < 1.29 is 0 Å². The van der Waals surface area contributed by atoms with Crippen LogP contribution in [0.4, 0.5) is 17.1 Å². The lowest BCUT2D eigenvalue weighted by molar-refractivity contribution is 0.332. The van der Waals surface area contributed by atoms with Crippen molar-refractivity contribution in [2.75, 3.05) is 10.2 Å². The van der Waals surface area contributed by atoms with Crippen LogP contribution < -0.4 is 10.2 Å². The van der Waals surface area contributed by atoms with E-state index in [0.29, 0.717) is 5.92 Å². The Kier molecular flexibility index (Phi) is 8.41. The van der Waals surface area contributed by atoms with Crippen molar-refractivity contribution >= 4 is 66.1 Å². The van der Waals surface area contributed by atoms with Crippen LogP contribution in [-0.2, 0) is 5.41 Å². The number of benzene rings is 9. The molecule has 0 saturated carbocycles. The van der Waals surface area contributed by atoms with Crippen molar-refractivity contribution in [1.29, 1.82) is 0 Å². The van der Waals surface area contributed by atoms with E-state index in [9.17, 15) is 0 Å². The molecule has 4 nitrogen and oxygen atoms in total. The van der Waals surface area contributed by atoms with Gasteiger partial charge in [0.25, 0.3) is 0 Å². The minimum Gasteiger partial charge on any atom is -0.346 e. The Balaban J connectivity index is 0.987. The van der Waals surface area contributed by atoms with E-state index in [4.69, 9.17) is 4.99 Å². The Hall–Kier alpha value is -7.95. The van der Waals surface area contributed by atoms with Crippen molar-refractivity contribution in [2.24, 2.45) is 10.9 Å². The molecule has 65 heavy (non-hydrogen) atoms. The second-order valence-corrected chi connectivity index (χ2v) is 18.4. The van der Waals surface area contributed by atoms with Gasteiger partial charge >= 0.3 is 0 Å². The number of hydrogen-bond donors (Lipinski definition) is 1. The van der Waals surface area contributed by atoms with Gasteiger partial charge in [-0.25, -0.2) is 4.99 Å². The number of nitrogens with one attached hydrogen (secondary N) is 1. The zero-order valence-corrected chi connectivity index (χ0v) is 36.4. The molecule has 0 amide bonds. The third-order valence-electron chi connectivity index (χ3n) is 14.5. The summed E-state index contributed by atoms with van der Waals surface area (Å²) >= 11 is 0. The molecule has 10 aromatic rings. The smallest absolute Gasteiger partial charge is 0.201 e. The highest BCUT2D eigenvalue weighted by molar-refractivity contribution is 6.22. The zero-order valence-electron chi connectivity index (χ0n) is 36.4. The first-order valence-corrected chi connectivity index (χ1v) is 22.8. The first kappa shape index (κ1) is 37.6. The fraction of sp³-hybridized carbons (Fsp3) is 0.0984. The summed E-state index contributed by atoms with van der Waals surface area (Å²) < 4.78 is 2.43. The fourth-order valence-corrected chi connectivity index (χ4v) is 11.3. The van der Waals surface area contributed by atoms with Gasteiger partial charge in [0.15, 0.2) is 0 Å². The van der Waals surface area contributed by atoms with Gasteiger partial charge in [-0.2, -0.15) is 0 Å². The molecule has 1 N–H and O–H groups in total. The van der Waals surface area contributed by atoms with Crippen molar-refractivity contribution in [3.8, 4) is 22.3 Å². The molecule has 2 aliphatic heterocycles. The van der Waals surface area contributed by atoms with Crippen LogP contribution in [0.5, 0.6) is 0 Å². The van der Waals surface area contributed by atoms with Gasteiger partial charge in [0, 0.05) is 50.3 Å². The molecule has 1 aromatic heterocycles. The van der Waals surface area contributed by atoms with E-state index in [-0.39, 0.29) is 11.5 Å². The van der Waals surface area contributed by atoms with E-state index in [2.05, 4.69) is 247 Å². The molecule has 0 spiro atoms. The molecule has 9 aromatic carbocycles. The molecule has 4 heteroatoms. The van der Waals surface area contributed by atoms with Crippen LogP contribution in [0.2, 0.25) is 0 Å². The van der Waals surface area contributed by atoms with Crippen molar-refractivity contribution in [3.63, 3.8) is 0 Å². The highest BCUT2D eigenvalue weighted by Crippen LogP contribution is 2.52. The lowest BCUT2D eigenvalue weighted by Gasteiger charge is -2.51. The van der Waals surface area contributed by atoms with E-state index in [1.807, 2.05) is 0 Å². The molecule has 310 valence electrons. The number of nitrogens with zero attached hydrogens (tertiary/aromatic N) is 3. The summed E-state index contributed by atoms with van der Waals surface area (Å²) in [6, 6.07) is 71.4. The van der Waals surface area contributed by atoms with Gasteiger partial charge in [-0.1, -0.05) is 196 Å². The molecule has 3 unspecified atom stereocenters. The Morgan fingerprint density at radius 2 is 1.17 bits per heavy atom. The van der Waals surface area contributed by atoms with Gasteiger partial charge in [0.2, 0.25) is 6.29 Å². The molecule has 0 saturated heterocycles. The van der Waals surface area contributed by atoms with Crippen LogP contribution in [0.1, 0.15) is 36.8 Å². The Labute approximate surface area is 379 Å². The van der Waals surface area contributed by atoms with Crippen molar-refractivity contribution in [3.05, 3.63) is 235 Å². The number of anilines is 3. The van der Waals surface area contributed by atoms with E-state index in [1.165, 1.54) is 71.5 Å². The second kappa shape index (κ2) is 14.5. The fourth-order valence-electron chi connectivity index (χ4n) is 11.3. The summed E-state index contributed by atoms with van der Waals surface area (Å²) in [4.78, 5) is 8.24.